The van der Waals surface area contributed by atoms with E-state index in [1.807, 2.05) is 34.6 Å². The fourth-order valence-corrected chi connectivity index (χ4v) is 7.80. The third kappa shape index (κ3) is 37.2. The van der Waals surface area contributed by atoms with Crippen LogP contribution in [0.1, 0.15) is 167 Å². The molecule has 6 aromatic rings. The van der Waals surface area contributed by atoms with Gasteiger partial charge in [-0.05, 0) is 126 Å². The zero-order valence-corrected chi connectivity index (χ0v) is 59.5. The number of aryl methyl sites for hydroxylation is 5. The topological polar surface area (TPSA) is 509 Å². The van der Waals surface area contributed by atoms with Crippen LogP contribution in [0.4, 0.5) is 96.4 Å². The van der Waals surface area contributed by atoms with E-state index in [1.165, 1.54) is 0 Å². The molecule has 0 aliphatic rings. The minimum Gasteiger partial charge on any atom is -0.330 e. The minimum absolute atomic E-state index is 0.0822. The summed E-state index contributed by atoms with van der Waals surface area (Å²) in [6.45, 7) is 18.7. The molecule has 42 heteroatoms. The van der Waals surface area contributed by atoms with Crippen LogP contribution in [0.2, 0.25) is 0 Å². The van der Waals surface area contributed by atoms with Crippen molar-refractivity contribution in [1.29, 1.82) is 0 Å². The van der Waals surface area contributed by atoms with Crippen LogP contribution >= 0.6 is 0 Å². The maximum Gasteiger partial charge on any atom is 0.308 e. The molecule has 0 heterocycles. The first kappa shape index (κ1) is 99.7. The number of rotatable bonds is 28. The van der Waals surface area contributed by atoms with Gasteiger partial charge in [-0.15, -0.1) is 0 Å². The van der Waals surface area contributed by atoms with E-state index in [1.54, 1.807) is 12.1 Å². The quantitative estimate of drug-likeness (QED) is 0.0233. The van der Waals surface area contributed by atoms with Crippen molar-refractivity contribution in [3.8, 4) is 0 Å². The second-order valence-corrected chi connectivity index (χ2v) is 21.8. The summed E-state index contributed by atoms with van der Waals surface area (Å²) in [5.74, 6) is -10.7. The number of benzene rings is 6. The maximum atomic E-state index is 13.7. The van der Waals surface area contributed by atoms with Crippen molar-refractivity contribution in [2.75, 3.05) is 19.6 Å². The summed E-state index contributed by atoms with van der Waals surface area (Å²) in [6, 6.07) is 8.12. The highest BCUT2D eigenvalue weighted by molar-refractivity contribution is 5.50. The van der Waals surface area contributed by atoms with Crippen LogP contribution in [-0.2, 0) is 32.1 Å². The Hall–Kier alpha value is -11.4. The molecule has 107 heavy (non-hydrogen) atoms. The number of unbranched alkanes of at least 4 members (excludes halogenated alkanes) is 5. The van der Waals surface area contributed by atoms with Gasteiger partial charge in [-0.3, -0.25) is 101 Å². The standard InChI is InChI=1S/2C14H20FNO2.C10H11FN2O4.3C6H2F2N2O4.3C3H9N/c2*1-3-5-7-11-9-12(8-6-4-2)14(16(17)18)10-13(11)15;1-2-3-4-7-5-10(13(16)17)8(11)6-9(7)12(14)15;3*7-3-1-5(9(11)12)4(8)2-6(3)10(13)14;3*1-2-3-4/h2*9-10H,3-8H2,1-2H3;5-6H,2-4H2,1H3;3*1-2H;3*2-4H2,1H3. The summed E-state index contributed by atoms with van der Waals surface area (Å²) in [7, 11) is 0. The molecule has 0 unspecified atom stereocenters. The van der Waals surface area contributed by atoms with Gasteiger partial charge in [-0.1, -0.05) is 87.5 Å². The Kier molecular flexibility index (Phi) is 50.5. The molecule has 0 aliphatic heterocycles. The molecule has 6 N–H and O–H groups in total. The predicted octanol–water partition coefficient (Wildman–Crippen LogP) is 18.2. The molecular weight excluding hydrogens is 1450 g/mol. The molecule has 0 fully saturated rings. The lowest BCUT2D eigenvalue weighted by Crippen LogP contribution is -2.01. The number of hydrogen-bond acceptors (Lipinski definition) is 23. The highest BCUT2D eigenvalue weighted by atomic mass is 19.2. The Morgan fingerprint density at radius 3 is 0.495 bits per heavy atom. The summed E-state index contributed by atoms with van der Waals surface area (Å²) in [4.78, 5) is 94.0. The average Bonchev–Trinajstić information content (AvgIpc) is 0.787. The van der Waals surface area contributed by atoms with Crippen LogP contribution in [0.5, 0.6) is 0 Å². The van der Waals surface area contributed by atoms with Gasteiger partial charge in [0.05, 0.1) is 104 Å². The number of halogens is 9. The van der Waals surface area contributed by atoms with Crippen molar-refractivity contribution in [1.82, 2.24) is 0 Å². The van der Waals surface area contributed by atoms with Crippen molar-refractivity contribution in [2.45, 2.75) is 171 Å². The van der Waals surface area contributed by atoms with Crippen LogP contribution < -0.4 is 17.2 Å². The van der Waals surface area contributed by atoms with E-state index in [2.05, 4.69) is 20.8 Å². The Bertz CT molecular complexity index is 3540. The van der Waals surface area contributed by atoms with Crippen molar-refractivity contribution >= 4 is 56.9 Å². The second-order valence-electron chi connectivity index (χ2n) is 21.8. The monoisotopic (exact) mass is 1540 g/mol. The number of nitrogens with zero attached hydrogens (tertiary/aromatic N) is 10. The van der Waals surface area contributed by atoms with Crippen molar-refractivity contribution in [3.63, 3.8) is 0 Å². The zero-order valence-electron chi connectivity index (χ0n) is 59.5. The fourth-order valence-electron chi connectivity index (χ4n) is 7.80. The first-order valence-corrected chi connectivity index (χ1v) is 32.7. The summed E-state index contributed by atoms with van der Waals surface area (Å²) >= 11 is 0. The van der Waals surface area contributed by atoms with Gasteiger partial charge in [-0.25, -0.2) is 8.78 Å². The van der Waals surface area contributed by atoms with E-state index in [0.717, 1.165) is 115 Å². The van der Waals surface area contributed by atoms with Gasteiger partial charge in [0, 0.05) is 22.8 Å². The van der Waals surface area contributed by atoms with E-state index >= 15 is 0 Å². The predicted molar refractivity (Wildman–Crippen MR) is 376 cm³/mol. The summed E-state index contributed by atoms with van der Waals surface area (Å²) in [5, 5.41) is 104. The first-order chi connectivity index (χ1) is 50.2. The van der Waals surface area contributed by atoms with Gasteiger partial charge in [0.15, 0.2) is 0 Å². The summed E-state index contributed by atoms with van der Waals surface area (Å²) in [6.07, 6.45) is 15.2. The van der Waals surface area contributed by atoms with Gasteiger partial charge in [0.2, 0.25) is 40.7 Å². The number of hydrogen-bond donors (Lipinski definition) is 3. The lowest BCUT2D eigenvalue weighted by Gasteiger charge is -2.07. The number of nitro benzene ring substituents is 10. The highest BCUT2D eigenvalue weighted by Crippen LogP contribution is 2.32. The number of nitro groups is 10. The Morgan fingerprint density at radius 2 is 0.346 bits per heavy atom. The molecule has 592 valence electrons. The molecule has 0 radical (unpaired) electrons. The highest BCUT2D eigenvalue weighted by Gasteiger charge is 2.28. The van der Waals surface area contributed by atoms with Gasteiger partial charge in [0.25, 0.3) is 17.1 Å². The molecule has 0 atom stereocenters. The minimum atomic E-state index is -1.44. The maximum absolute atomic E-state index is 13.7. The van der Waals surface area contributed by atoms with Gasteiger partial charge >= 0.3 is 39.8 Å². The molecule has 0 spiro atoms. The van der Waals surface area contributed by atoms with Crippen LogP contribution in [-0.4, -0.2) is 68.9 Å². The Labute approximate surface area is 605 Å². The van der Waals surface area contributed by atoms with Crippen LogP contribution in [0.3, 0.4) is 0 Å². The SMILES string of the molecule is CCCCc1cc(CCCC)c([N+](=O)[O-])cc1F.CCCCc1cc(CCCC)c([N+](=O)[O-])cc1F.CCCCc1cc([N+](=O)[O-])c(F)cc1[N+](=O)[O-].CCCN.CCCN.CCCN.O=[N+]([O-])c1cc(F)c([N+](=O)[O-])cc1F.O=[N+]([O-])c1cc(F)c([N+](=O)[O-])cc1F.O=[N+]([O-])c1cc(F)c([N+](=O)[O-])cc1F. The average molecular weight is 1540 g/mol. The lowest BCUT2D eigenvalue weighted by molar-refractivity contribution is -0.393. The summed E-state index contributed by atoms with van der Waals surface area (Å²) in [5.41, 5.74) is 9.74. The van der Waals surface area contributed by atoms with E-state index < -0.39 is 147 Å². The van der Waals surface area contributed by atoms with Gasteiger partial charge in [-0.2, -0.15) is 30.7 Å². The van der Waals surface area contributed by atoms with Gasteiger partial charge in [0.1, 0.15) is 11.6 Å². The van der Waals surface area contributed by atoms with Crippen LogP contribution in [0.15, 0.2) is 72.8 Å². The van der Waals surface area contributed by atoms with Crippen LogP contribution in [0.25, 0.3) is 0 Å². The lowest BCUT2D eigenvalue weighted by atomic mass is 10.00. The smallest absolute Gasteiger partial charge is 0.308 e. The van der Waals surface area contributed by atoms with E-state index in [0.29, 0.717) is 66.8 Å². The first-order valence-electron chi connectivity index (χ1n) is 32.7. The molecule has 0 saturated carbocycles. The molecule has 0 bridgehead atoms. The third-order valence-corrected chi connectivity index (χ3v) is 13.5. The molecule has 6 rings (SSSR count). The summed E-state index contributed by atoms with van der Waals surface area (Å²) < 4.78 is 117. The molecule has 6 aromatic carbocycles. The molecule has 0 aliphatic carbocycles. The van der Waals surface area contributed by atoms with Gasteiger partial charge < -0.3 is 17.2 Å². The largest absolute Gasteiger partial charge is 0.330 e. The molecule has 0 amide bonds. The van der Waals surface area contributed by atoms with E-state index in [-0.39, 0.29) is 53.3 Å². The third-order valence-electron chi connectivity index (χ3n) is 13.5. The van der Waals surface area contributed by atoms with Crippen molar-refractivity contribution in [2.24, 2.45) is 17.2 Å². The molecule has 33 nitrogen and oxygen atoms in total. The number of nitrogens with two attached hydrogens (primary N) is 3. The molecule has 0 saturated heterocycles. The van der Waals surface area contributed by atoms with E-state index in [4.69, 9.17) is 17.2 Å². The zero-order chi connectivity index (χ0) is 83.0. The van der Waals surface area contributed by atoms with Crippen molar-refractivity contribution < 1.29 is 88.7 Å². The second kappa shape index (κ2) is 54.2. The van der Waals surface area contributed by atoms with Crippen molar-refractivity contribution in [3.05, 3.63) is 254 Å². The molecule has 0 aromatic heterocycles. The Balaban J connectivity index is -0.00000118. The molecular formula is C65H84F9N13O20. The normalized spacial score (nSPS) is 9.91. The van der Waals surface area contributed by atoms with E-state index in [9.17, 15) is 141 Å². The fraction of sp³-hybridized carbons (Fsp3) is 0.446. The van der Waals surface area contributed by atoms with Crippen LogP contribution in [0, 0.1) is 153 Å². The Morgan fingerprint density at radius 1 is 0.215 bits per heavy atom.